The molecule has 11 heteroatoms. The molecule has 0 spiro atoms. The van der Waals surface area contributed by atoms with E-state index in [9.17, 15) is 24.3 Å². The minimum absolute atomic E-state index is 0.0277. The molecule has 0 bridgehead atoms. The second-order valence-corrected chi connectivity index (χ2v) is 8.03. The lowest BCUT2D eigenvalue weighted by molar-refractivity contribution is -0.149. The maximum absolute atomic E-state index is 12.7. The fraction of sp³-hybridized carbons (Fsp3) is 0.348. The highest BCUT2D eigenvalue weighted by molar-refractivity contribution is 5.95. The summed E-state index contributed by atoms with van der Waals surface area (Å²) in [5.41, 5.74) is 5.89. The summed E-state index contributed by atoms with van der Waals surface area (Å²) in [6.45, 7) is 0.809. The van der Waals surface area contributed by atoms with E-state index in [0.29, 0.717) is 24.3 Å². The number of carbonyl (C=O) groups is 4. The van der Waals surface area contributed by atoms with Gasteiger partial charge in [-0.25, -0.2) is 4.79 Å². The molecular formula is C23H25N3O8. The normalized spacial score (nSPS) is 16.6. The molecule has 2 aromatic rings. The number of amidine groups is 1. The number of carbonyl (C=O) groups excluding carboxylic acids is 2. The number of ether oxygens (including phenoxy) is 1. The molecule has 0 aliphatic carbocycles. The van der Waals surface area contributed by atoms with E-state index in [1.165, 1.54) is 18.2 Å². The first kappa shape index (κ1) is 24.6. The van der Waals surface area contributed by atoms with Crippen molar-refractivity contribution in [3.63, 3.8) is 0 Å². The average Bonchev–Trinajstić information content (AvgIpc) is 3.43. The van der Waals surface area contributed by atoms with Crippen molar-refractivity contribution in [1.29, 1.82) is 5.41 Å². The van der Waals surface area contributed by atoms with Gasteiger partial charge in [0.15, 0.2) is 5.78 Å². The van der Waals surface area contributed by atoms with Crippen LogP contribution in [0.5, 0.6) is 5.75 Å². The summed E-state index contributed by atoms with van der Waals surface area (Å²) in [5.74, 6) is -4.35. The van der Waals surface area contributed by atoms with Crippen LogP contribution in [0, 0.1) is 11.3 Å². The maximum Gasteiger partial charge on any atom is 0.379 e. The molecule has 0 amide bonds. The molecule has 2 heterocycles. The van der Waals surface area contributed by atoms with Gasteiger partial charge in [0.25, 0.3) is 0 Å². The van der Waals surface area contributed by atoms with Crippen LogP contribution in [0.3, 0.4) is 0 Å². The van der Waals surface area contributed by atoms with Gasteiger partial charge < -0.3 is 25.1 Å². The van der Waals surface area contributed by atoms with Gasteiger partial charge in [-0.3, -0.25) is 24.7 Å². The van der Waals surface area contributed by atoms with Crippen LogP contribution in [0.1, 0.15) is 47.6 Å². The topological polar surface area (TPSA) is 184 Å². The predicted molar refractivity (Wildman–Crippen MR) is 118 cm³/mol. The van der Waals surface area contributed by atoms with Gasteiger partial charge in [-0.1, -0.05) is 0 Å². The molecule has 1 saturated heterocycles. The number of aliphatic carboxylic acids is 2. The van der Waals surface area contributed by atoms with E-state index in [0.717, 1.165) is 6.42 Å². The summed E-state index contributed by atoms with van der Waals surface area (Å²) in [7, 11) is 0. The van der Waals surface area contributed by atoms with E-state index in [1.807, 2.05) is 4.90 Å². The van der Waals surface area contributed by atoms with Crippen molar-refractivity contribution in [2.75, 3.05) is 6.54 Å². The predicted octanol–water partition coefficient (Wildman–Crippen LogP) is 1.88. The van der Waals surface area contributed by atoms with E-state index in [-0.39, 0.29) is 36.1 Å². The minimum Gasteiger partial charge on any atom is -0.481 e. The van der Waals surface area contributed by atoms with Gasteiger partial charge in [0.05, 0.1) is 24.9 Å². The standard InChI is InChI=1S/C23H25N3O8/c24-21(25)13-3-5-15(6-4-13)34-23(32)19-8-7-16(33-19)12-26-9-1-2-17(26)18(27)10-14(22(30)31)11-20(28)29/h3-8,14,17H,1-2,9-12H2,(H3,24,25)(H,28,29)(H,30,31)/t14-,17+/m0/s1. The molecule has 1 aromatic carbocycles. The molecule has 0 unspecified atom stereocenters. The lowest BCUT2D eigenvalue weighted by Crippen LogP contribution is -2.37. The third-order valence-corrected chi connectivity index (χ3v) is 5.55. The Kier molecular flexibility index (Phi) is 7.79. The number of hydrogen-bond donors (Lipinski definition) is 4. The van der Waals surface area contributed by atoms with Gasteiger partial charge in [-0.05, 0) is 55.8 Å². The van der Waals surface area contributed by atoms with Crippen LogP contribution in [0.2, 0.25) is 0 Å². The Morgan fingerprint density at radius 1 is 1.12 bits per heavy atom. The van der Waals surface area contributed by atoms with Gasteiger partial charge in [0.1, 0.15) is 17.3 Å². The molecule has 1 aromatic heterocycles. The van der Waals surface area contributed by atoms with Crippen LogP contribution in [0.15, 0.2) is 40.8 Å². The zero-order valence-corrected chi connectivity index (χ0v) is 18.2. The highest BCUT2D eigenvalue weighted by atomic mass is 16.5. The molecule has 0 radical (unpaired) electrons. The number of nitrogen functional groups attached to an aromatic ring is 1. The Balaban J connectivity index is 1.60. The lowest BCUT2D eigenvalue weighted by Gasteiger charge is -2.23. The SMILES string of the molecule is N=C(N)c1ccc(OC(=O)c2ccc(CN3CCC[C@@H]3C(=O)C[C@@H](CC(=O)O)C(=O)O)o2)cc1. The fourth-order valence-electron chi connectivity index (χ4n) is 3.85. The first-order chi connectivity index (χ1) is 16.1. The smallest absolute Gasteiger partial charge is 0.379 e. The third kappa shape index (κ3) is 6.29. The average molecular weight is 471 g/mol. The third-order valence-electron chi connectivity index (χ3n) is 5.55. The number of rotatable bonds is 11. The Morgan fingerprint density at radius 2 is 1.82 bits per heavy atom. The number of hydrogen-bond acceptors (Lipinski definition) is 8. The molecule has 0 saturated carbocycles. The zero-order chi connectivity index (χ0) is 24.8. The largest absolute Gasteiger partial charge is 0.481 e. The summed E-state index contributed by atoms with van der Waals surface area (Å²) in [6.07, 6.45) is 0.277. The van der Waals surface area contributed by atoms with Crippen molar-refractivity contribution in [3.05, 3.63) is 53.5 Å². The molecule has 34 heavy (non-hydrogen) atoms. The minimum atomic E-state index is -1.31. The summed E-state index contributed by atoms with van der Waals surface area (Å²) in [4.78, 5) is 49.1. The molecule has 1 aliphatic heterocycles. The summed E-state index contributed by atoms with van der Waals surface area (Å²) in [5, 5.41) is 25.5. The second-order valence-electron chi connectivity index (χ2n) is 8.03. The van der Waals surface area contributed by atoms with E-state index in [1.54, 1.807) is 18.2 Å². The Bertz CT molecular complexity index is 1090. The Hall–Kier alpha value is -3.99. The molecule has 1 aliphatic rings. The molecular weight excluding hydrogens is 446 g/mol. The molecule has 11 nitrogen and oxygen atoms in total. The van der Waals surface area contributed by atoms with Crippen LogP contribution >= 0.6 is 0 Å². The highest BCUT2D eigenvalue weighted by Crippen LogP contribution is 2.25. The van der Waals surface area contributed by atoms with E-state index < -0.39 is 36.3 Å². The van der Waals surface area contributed by atoms with Gasteiger partial charge in [-0.15, -0.1) is 0 Å². The van der Waals surface area contributed by atoms with Crippen molar-refractivity contribution in [2.24, 2.45) is 11.7 Å². The number of Topliss-reactive ketones (excluding diaryl/α,β-unsaturated/α-hetero) is 1. The summed E-state index contributed by atoms with van der Waals surface area (Å²) < 4.78 is 10.8. The first-order valence-electron chi connectivity index (χ1n) is 10.6. The lowest BCUT2D eigenvalue weighted by atomic mass is 9.94. The number of nitrogens with zero attached hydrogens (tertiary/aromatic N) is 1. The quantitative estimate of drug-likeness (QED) is 0.163. The van der Waals surface area contributed by atoms with Crippen molar-refractivity contribution in [1.82, 2.24) is 4.90 Å². The summed E-state index contributed by atoms with van der Waals surface area (Å²) in [6, 6.07) is 8.63. The Morgan fingerprint density at radius 3 is 2.44 bits per heavy atom. The monoisotopic (exact) mass is 471 g/mol. The molecule has 2 atom stereocenters. The molecule has 180 valence electrons. The number of likely N-dealkylation sites (tertiary alicyclic amines) is 1. The number of nitrogens with one attached hydrogen (secondary N) is 1. The number of ketones is 1. The van der Waals surface area contributed by atoms with Gasteiger partial charge >= 0.3 is 17.9 Å². The van der Waals surface area contributed by atoms with Crippen LogP contribution in [-0.2, 0) is 20.9 Å². The van der Waals surface area contributed by atoms with Crippen LogP contribution < -0.4 is 10.5 Å². The molecule has 1 fully saturated rings. The van der Waals surface area contributed by atoms with Crippen LogP contribution in [0.25, 0.3) is 0 Å². The second kappa shape index (κ2) is 10.8. The van der Waals surface area contributed by atoms with E-state index >= 15 is 0 Å². The van der Waals surface area contributed by atoms with Gasteiger partial charge in [0.2, 0.25) is 5.76 Å². The van der Waals surface area contributed by atoms with E-state index in [4.69, 9.17) is 25.4 Å². The van der Waals surface area contributed by atoms with Crippen molar-refractivity contribution in [3.8, 4) is 5.75 Å². The highest BCUT2D eigenvalue weighted by Gasteiger charge is 2.34. The number of furan rings is 1. The molecule has 3 rings (SSSR count). The number of esters is 1. The fourth-order valence-corrected chi connectivity index (χ4v) is 3.85. The number of carboxylic acids is 2. The summed E-state index contributed by atoms with van der Waals surface area (Å²) >= 11 is 0. The van der Waals surface area contributed by atoms with E-state index in [2.05, 4.69) is 0 Å². The van der Waals surface area contributed by atoms with Crippen molar-refractivity contribution >= 4 is 29.5 Å². The number of carboxylic acid groups (broad SMARTS) is 2. The number of nitrogens with two attached hydrogens (primary N) is 1. The number of benzene rings is 1. The Labute approximate surface area is 194 Å². The van der Waals surface area contributed by atoms with Crippen molar-refractivity contribution < 1.29 is 38.5 Å². The van der Waals surface area contributed by atoms with Crippen LogP contribution in [-0.4, -0.2) is 57.2 Å². The molecule has 5 N–H and O–H groups in total. The van der Waals surface area contributed by atoms with Gasteiger partial charge in [0, 0.05) is 12.0 Å². The van der Waals surface area contributed by atoms with Crippen molar-refractivity contribution in [2.45, 2.75) is 38.3 Å². The zero-order valence-electron chi connectivity index (χ0n) is 18.2. The van der Waals surface area contributed by atoms with Gasteiger partial charge in [-0.2, -0.15) is 0 Å². The van der Waals surface area contributed by atoms with Crippen LogP contribution in [0.4, 0.5) is 0 Å². The first-order valence-corrected chi connectivity index (χ1v) is 10.6. The maximum atomic E-state index is 12.7.